The molecule has 3 heterocycles. The third-order valence-corrected chi connectivity index (χ3v) is 6.51. The van der Waals surface area contributed by atoms with E-state index in [9.17, 15) is 9.18 Å². The van der Waals surface area contributed by atoms with Gasteiger partial charge in [-0.3, -0.25) is 4.79 Å². The molecule has 1 aliphatic rings. The highest BCUT2D eigenvalue weighted by molar-refractivity contribution is 7.19. The van der Waals surface area contributed by atoms with E-state index in [0.717, 1.165) is 42.3 Å². The molecule has 4 aromatic rings. The molecular weight excluding hydrogens is 465 g/mol. The van der Waals surface area contributed by atoms with Crippen LogP contribution >= 0.6 is 11.3 Å². The third kappa shape index (κ3) is 5.44. The first kappa shape index (κ1) is 22.9. The Balaban J connectivity index is 1.41. The smallest absolute Gasteiger partial charge is 0.227 e. The zero-order valence-corrected chi connectivity index (χ0v) is 19.9. The van der Waals surface area contributed by atoms with E-state index in [1.54, 1.807) is 24.4 Å². The van der Waals surface area contributed by atoms with Crippen molar-refractivity contribution in [3.63, 3.8) is 0 Å². The minimum Gasteiger partial charge on any atom is -0.369 e. The fraction of sp³-hybridized carbons (Fsp3) is 0.200. The molecule has 1 amide bonds. The van der Waals surface area contributed by atoms with E-state index in [1.165, 1.54) is 36.1 Å². The maximum atomic E-state index is 13.5. The van der Waals surface area contributed by atoms with E-state index in [2.05, 4.69) is 47.9 Å². The minimum atomic E-state index is -0.330. The molecule has 0 aliphatic carbocycles. The second-order valence-electron chi connectivity index (χ2n) is 8.06. The number of amides is 1. The summed E-state index contributed by atoms with van der Waals surface area (Å²) in [7, 11) is 0. The van der Waals surface area contributed by atoms with Crippen molar-refractivity contribution in [3.05, 3.63) is 66.6 Å². The lowest BCUT2D eigenvalue weighted by atomic mass is 10.1. The summed E-state index contributed by atoms with van der Waals surface area (Å²) in [6, 6.07) is 16.1. The predicted octanol–water partition coefficient (Wildman–Crippen LogP) is 4.52. The number of hydrogen-bond donors (Lipinski definition) is 3. The lowest BCUT2D eigenvalue weighted by Gasteiger charge is -2.29. The number of benzene rings is 2. The van der Waals surface area contributed by atoms with Crippen LogP contribution < -0.4 is 20.9 Å². The summed E-state index contributed by atoms with van der Waals surface area (Å²) in [6.45, 7) is 5.38. The number of nitrogens with zero attached hydrogens (tertiary/aromatic N) is 4. The Bertz CT molecular complexity index is 1320. The molecule has 3 N–H and O–H groups in total. The quantitative estimate of drug-likeness (QED) is 0.367. The van der Waals surface area contributed by atoms with Crippen LogP contribution in [0.4, 0.5) is 26.8 Å². The fourth-order valence-electron chi connectivity index (χ4n) is 3.85. The van der Waals surface area contributed by atoms with E-state index < -0.39 is 0 Å². The summed E-state index contributed by atoms with van der Waals surface area (Å²) in [5.41, 5.74) is 4.05. The molecule has 0 unspecified atom stereocenters. The fourth-order valence-corrected chi connectivity index (χ4v) is 4.86. The van der Waals surface area contributed by atoms with Gasteiger partial charge in [0, 0.05) is 56.2 Å². The number of thiazole rings is 1. The van der Waals surface area contributed by atoms with Gasteiger partial charge < -0.3 is 20.9 Å². The Morgan fingerprint density at radius 3 is 2.49 bits per heavy atom. The van der Waals surface area contributed by atoms with Crippen molar-refractivity contribution in [2.45, 2.75) is 6.92 Å². The molecule has 8 nitrogen and oxygen atoms in total. The molecule has 0 saturated carbocycles. The molecule has 1 aliphatic heterocycles. The van der Waals surface area contributed by atoms with Gasteiger partial charge in [0.2, 0.25) is 11.9 Å². The van der Waals surface area contributed by atoms with E-state index in [4.69, 9.17) is 0 Å². The van der Waals surface area contributed by atoms with Crippen molar-refractivity contribution in [2.75, 3.05) is 41.7 Å². The highest BCUT2D eigenvalue weighted by Gasteiger charge is 2.18. The number of piperazine rings is 1. The van der Waals surface area contributed by atoms with Gasteiger partial charge in [0.15, 0.2) is 5.13 Å². The highest BCUT2D eigenvalue weighted by atomic mass is 32.1. The van der Waals surface area contributed by atoms with Gasteiger partial charge in [-0.25, -0.2) is 19.3 Å². The topological polar surface area (TPSA) is 95.1 Å². The van der Waals surface area contributed by atoms with Crippen LogP contribution in [0.3, 0.4) is 0 Å². The Kier molecular flexibility index (Phi) is 6.64. The van der Waals surface area contributed by atoms with E-state index in [0.29, 0.717) is 22.5 Å². The number of halogens is 1. The first-order chi connectivity index (χ1) is 17.0. The van der Waals surface area contributed by atoms with E-state index >= 15 is 0 Å². The van der Waals surface area contributed by atoms with Gasteiger partial charge >= 0.3 is 0 Å². The Labute approximate surface area is 206 Å². The predicted molar refractivity (Wildman–Crippen MR) is 138 cm³/mol. The molecule has 2 aromatic carbocycles. The van der Waals surface area contributed by atoms with Gasteiger partial charge in [-0.1, -0.05) is 11.3 Å². The molecule has 2 aromatic heterocycles. The van der Waals surface area contributed by atoms with Crippen molar-refractivity contribution in [1.82, 2.24) is 20.3 Å². The molecule has 35 heavy (non-hydrogen) atoms. The second-order valence-corrected chi connectivity index (χ2v) is 9.06. The average molecular weight is 490 g/mol. The average Bonchev–Trinajstić information content (AvgIpc) is 3.29. The molecule has 1 fully saturated rings. The molecule has 178 valence electrons. The number of carbonyl (C=O) groups is 1. The summed E-state index contributed by atoms with van der Waals surface area (Å²) in [6.07, 6.45) is 1.67. The van der Waals surface area contributed by atoms with Crippen LogP contribution in [-0.2, 0) is 4.79 Å². The lowest BCUT2D eigenvalue weighted by molar-refractivity contribution is -0.114. The Hall–Kier alpha value is -3.89. The summed E-state index contributed by atoms with van der Waals surface area (Å²) in [5, 5.41) is 9.80. The number of anilines is 4. The van der Waals surface area contributed by atoms with Crippen molar-refractivity contribution >= 4 is 39.7 Å². The number of carbonyl (C=O) groups excluding carboxylic acids is 1. The Morgan fingerprint density at radius 2 is 1.77 bits per heavy atom. The molecule has 0 radical (unpaired) electrons. The van der Waals surface area contributed by atoms with E-state index in [1.807, 2.05) is 12.1 Å². The third-order valence-electron chi connectivity index (χ3n) is 5.52. The first-order valence-electron chi connectivity index (χ1n) is 11.3. The van der Waals surface area contributed by atoms with Crippen molar-refractivity contribution in [3.8, 4) is 21.8 Å². The SMILES string of the molecule is CC(=O)Nc1nc(-c2ccc(F)cc2)c(-c2ccnc(Nc3ccc(N4CCNCC4)cc3)n2)s1. The summed E-state index contributed by atoms with van der Waals surface area (Å²) >= 11 is 1.31. The number of nitrogens with one attached hydrogen (secondary N) is 3. The minimum absolute atomic E-state index is 0.217. The van der Waals surface area contributed by atoms with Gasteiger partial charge in [0.25, 0.3) is 0 Å². The normalized spacial score (nSPS) is 13.5. The summed E-state index contributed by atoms with van der Waals surface area (Å²) in [5.74, 6) is -0.105. The summed E-state index contributed by atoms with van der Waals surface area (Å²) in [4.78, 5) is 28.3. The molecule has 0 atom stereocenters. The zero-order chi connectivity index (χ0) is 24.2. The number of aromatic nitrogens is 3. The number of hydrogen-bond acceptors (Lipinski definition) is 8. The van der Waals surface area contributed by atoms with Crippen LogP contribution in [0.5, 0.6) is 0 Å². The van der Waals surface area contributed by atoms with Crippen LogP contribution in [0.25, 0.3) is 21.8 Å². The van der Waals surface area contributed by atoms with Crippen LogP contribution in [0.1, 0.15) is 6.92 Å². The van der Waals surface area contributed by atoms with Crippen molar-refractivity contribution in [2.24, 2.45) is 0 Å². The maximum Gasteiger partial charge on any atom is 0.227 e. The number of rotatable bonds is 6. The molecular formula is C25H24FN7OS. The standard InChI is InChI=1S/C25H24FN7OS/c1-16(34)29-25-32-22(17-2-4-18(26)5-3-17)23(35-25)21-10-11-28-24(31-21)30-19-6-8-20(9-7-19)33-14-12-27-13-15-33/h2-11,27H,12-15H2,1H3,(H,28,30,31)(H,29,32,34). The summed E-state index contributed by atoms with van der Waals surface area (Å²) < 4.78 is 13.5. The first-order valence-corrected chi connectivity index (χ1v) is 12.1. The molecule has 1 saturated heterocycles. The van der Waals surface area contributed by atoms with Crippen LogP contribution in [0.2, 0.25) is 0 Å². The van der Waals surface area contributed by atoms with Crippen molar-refractivity contribution in [1.29, 1.82) is 0 Å². The maximum absolute atomic E-state index is 13.5. The van der Waals surface area contributed by atoms with Crippen LogP contribution in [-0.4, -0.2) is 47.0 Å². The van der Waals surface area contributed by atoms with Gasteiger partial charge in [0.1, 0.15) is 5.82 Å². The molecule has 0 spiro atoms. The van der Waals surface area contributed by atoms with E-state index in [-0.39, 0.29) is 11.7 Å². The highest BCUT2D eigenvalue weighted by Crippen LogP contribution is 2.38. The largest absolute Gasteiger partial charge is 0.369 e. The Morgan fingerprint density at radius 1 is 1.03 bits per heavy atom. The monoisotopic (exact) mass is 489 g/mol. The second kappa shape index (κ2) is 10.2. The zero-order valence-electron chi connectivity index (χ0n) is 19.1. The lowest BCUT2D eigenvalue weighted by Crippen LogP contribution is -2.43. The molecule has 5 rings (SSSR count). The van der Waals surface area contributed by atoms with Gasteiger partial charge in [-0.05, 0) is 54.6 Å². The van der Waals surface area contributed by atoms with Gasteiger partial charge in [-0.15, -0.1) is 0 Å². The van der Waals surface area contributed by atoms with Crippen LogP contribution in [0.15, 0.2) is 60.8 Å². The van der Waals surface area contributed by atoms with Gasteiger partial charge in [0.05, 0.1) is 16.3 Å². The van der Waals surface area contributed by atoms with Crippen LogP contribution in [0, 0.1) is 5.82 Å². The van der Waals surface area contributed by atoms with Gasteiger partial charge in [-0.2, -0.15) is 0 Å². The molecule has 10 heteroatoms. The molecule has 0 bridgehead atoms. The van der Waals surface area contributed by atoms with Crippen molar-refractivity contribution < 1.29 is 9.18 Å².